The van der Waals surface area contributed by atoms with Gasteiger partial charge in [0, 0.05) is 20.6 Å². The zero-order chi connectivity index (χ0) is 16.0. The monoisotopic (exact) mass is 323 g/mol. The van der Waals surface area contributed by atoms with Gasteiger partial charge in [0.15, 0.2) is 15.8 Å². The summed E-state index contributed by atoms with van der Waals surface area (Å²) in [5, 5.41) is 3.31. The van der Waals surface area contributed by atoms with Gasteiger partial charge in [0.05, 0.1) is 18.1 Å². The predicted octanol–water partition coefficient (Wildman–Crippen LogP) is 1.52. The fraction of sp³-hybridized carbons (Fsp3) is 0.562. The molecule has 1 aliphatic heterocycles. The average Bonchev–Trinajstić information content (AvgIpc) is 2.47. The quantitative estimate of drug-likeness (QED) is 0.674. The molecule has 1 fully saturated rings. The second kappa shape index (κ2) is 7.63. The van der Waals surface area contributed by atoms with E-state index in [0.29, 0.717) is 24.6 Å². The molecule has 1 heterocycles. The maximum absolute atomic E-state index is 11.7. The van der Waals surface area contributed by atoms with E-state index in [1.807, 2.05) is 49.3 Å². The molecule has 0 saturated carbocycles. The first-order chi connectivity index (χ1) is 10.5. The van der Waals surface area contributed by atoms with Gasteiger partial charge in [-0.3, -0.25) is 0 Å². The molecular weight excluding hydrogens is 298 g/mol. The number of sulfone groups is 1. The summed E-state index contributed by atoms with van der Waals surface area (Å²) >= 11 is 0. The van der Waals surface area contributed by atoms with Crippen molar-refractivity contribution < 1.29 is 8.42 Å². The first-order valence-electron chi connectivity index (χ1n) is 7.66. The van der Waals surface area contributed by atoms with Crippen LogP contribution in [0.2, 0.25) is 0 Å². The maximum atomic E-state index is 11.7. The molecule has 1 aromatic rings. The van der Waals surface area contributed by atoms with Crippen molar-refractivity contribution >= 4 is 15.8 Å². The lowest BCUT2D eigenvalue weighted by atomic mass is 10.1. The Morgan fingerprint density at radius 3 is 2.68 bits per heavy atom. The van der Waals surface area contributed by atoms with Crippen LogP contribution in [0.3, 0.4) is 0 Å². The molecule has 1 aliphatic rings. The van der Waals surface area contributed by atoms with E-state index >= 15 is 0 Å². The average molecular weight is 323 g/mol. The topological polar surface area (TPSA) is 61.8 Å². The summed E-state index contributed by atoms with van der Waals surface area (Å²) in [7, 11) is 1.03. The first kappa shape index (κ1) is 16.8. The Bertz CT molecular complexity index is 597. The van der Waals surface area contributed by atoms with Crippen molar-refractivity contribution in [1.29, 1.82) is 0 Å². The number of hydrogen-bond donors (Lipinski definition) is 1. The van der Waals surface area contributed by atoms with Gasteiger partial charge in [-0.05, 0) is 24.3 Å². The van der Waals surface area contributed by atoms with Crippen LogP contribution in [0.25, 0.3) is 0 Å². The zero-order valence-electron chi connectivity index (χ0n) is 13.3. The van der Waals surface area contributed by atoms with Crippen LogP contribution >= 0.6 is 0 Å². The summed E-state index contributed by atoms with van der Waals surface area (Å²) in [5.74, 6) is 1.61. The molecule has 1 saturated heterocycles. The summed E-state index contributed by atoms with van der Waals surface area (Å²) in [5.41, 5.74) is 1.16. The van der Waals surface area contributed by atoms with Crippen molar-refractivity contribution in [2.75, 3.05) is 32.1 Å². The Hall–Kier alpha value is -1.56. The summed E-state index contributed by atoms with van der Waals surface area (Å²) in [4.78, 5) is 6.53. The molecule has 5 nitrogen and oxygen atoms in total. The number of aliphatic imine (C=N–C) groups is 1. The first-order valence-corrected chi connectivity index (χ1v) is 9.48. The highest BCUT2D eigenvalue weighted by Gasteiger charge is 2.24. The molecule has 2 rings (SSSR count). The summed E-state index contributed by atoms with van der Waals surface area (Å²) in [6, 6.07) is 10.1. The van der Waals surface area contributed by atoms with Crippen LogP contribution in [0.1, 0.15) is 18.4 Å². The van der Waals surface area contributed by atoms with E-state index in [9.17, 15) is 8.42 Å². The fourth-order valence-corrected chi connectivity index (χ4v) is 4.40. The molecule has 0 radical (unpaired) electrons. The van der Waals surface area contributed by atoms with Gasteiger partial charge in [-0.15, -0.1) is 0 Å². The molecule has 122 valence electrons. The van der Waals surface area contributed by atoms with E-state index in [0.717, 1.165) is 24.4 Å². The van der Waals surface area contributed by atoms with Crippen molar-refractivity contribution in [2.24, 2.45) is 10.9 Å². The largest absolute Gasteiger partial charge is 0.356 e. The van der Waals surface area contributed by atoms with Gasteiger partial charge in [0.1, 0.15) is 0 Å². The second-order valence-electron chi connectivity index (χ2n) is 6.02. The van der Waals surface area contributed by atoms with Crippen molar-refractivity contribution in [1.82, 2.24) is 10.2 Å². The molecule has 22 heavy (non-hydrogen) atoms. The number of benzene rings is 1. The summed E-state index contributed by atoms with van der Waals surface area (Å²) in [6.07, 6.45) is 1.73. The van der Waals surface area contributed by atoms with E-state index < -0.39 is 9.84 Å². The van der Waals surface area contributed by atoms with E-state index in [1.165, 1.54) is 0 Å². The van der Waals surface area contributed by atoms with Crippen molar-refractivity contribution in [3.63, 3.8) is 0 Å². The Morgan fingerprint density at radius 1 is 1.32 bits per heavy atom. The van der Waals surface area contributed by atoms with Crippen molar-refractivity contribution in [3.05, 3.63) is 35.9 Å². The van der Waals surface area contributed by atoms with E-state index in [1.54, 1.807) is 0 Å². The third-order valence-electron chi connectivity index (χ3n) is 3.78. The van der Waals surface area contributed by atoms with Crippen LogP contribution in [0.15, 0.2) is 35.3 Å². The summed E-state index contributed by atoms with van der Waals surface area (Å²) in [6.45, 7) is 1.27. The van der Waals surface area contributed by atoms with E-state index in [-0.39, 0.29) is 5.92 Å². The normalized spacial score (nSPS) is 21.4. The van der Waals surface area contributed by atoms with Crippen molar-refractivity contribution in [2.45, 2.75) is 19.4 Å². The van der Waals surface area contributed by atoms with Gasteiger partial charge >= 0.3 is 0 Å². The Kier molecular flexibility index (Phi) is 5.83. The van der Waals surface area contributed by atoms with Crippen LogP contribution in [-0.2, 0) is 16.4 Å². The molecule has 0 aromatic heterocycles. The Balaban J connectivity index is 1.91. The molecular formula is C16H25N3O2S. The minimum Gasteiger partial charge on any atom is -0.356 e. The van der Waals surface area contributed by atoms with Gasteiger partial charge in [-0.2, -0.15) is 0 Å². The molecule has 0 spiro atoms. The predicted molar refractivity (Wildman–Crippen MR) is 90.6 cm³/mol. The van der Waals surface area contributed by atoms with Crippen molar-refractivity contribution in [3.8, 4) is 0 Å². The smallest absolute Gasteiger partial charge is 0.193 e. The van der Waals surface area contributed by atoms with E-state index in [4.69, 9.17) is 0 Å². The van der Waals surface area contributed by atoms with E-state index in [2.05, 4.69) is 10.3 Å². The number of nitrogens with one attached hydrogen (secondary N) is 1. The van der Waals surface area contributed by atoms with Gasteiger partial charge in [-0.25, -0.2) is 13.4 Å². The molecule has 1 unspecified atom stereocenters. The fourth-order valence-electron chi connectivity index (χ4n) is 2.62. The second-order valence-corrected chi connectivity index (χ2v) is 8.25. The van der Waals surface area contributed by atoms with Crippen LogP contribution in [-0.4, -0.2) is 51.4 Å². The number of guanidine groups is 1. The van der Waals surface area contributed by atoms with Gasteiger partial charge in [0.25, 0.3) is 0 Å². The standard InChI is InChI=1S/C16H25N3O2S/c1-19(2)16(17-11-14-7-4-3-5-8-14)18-12-15-9-6-10-22(20,21)13-15/h3-5,7-8,15H,6,9-13H2,1-2H3,(H,17,18). The van der Waals surface area contributed by atoms with Gasteiger partial charge in [0.2, 0.25) is 0 Å². The minimum absolute atomic E-state index is 0.181. The zero-order valence-corrected chi connectivity index (χ0v) is 14.1. The van der Waals surface area contributed by atoms with Crippen LogP contribution in [0, 0.1) is 5.92 Å². The van der Waals surface area contributed by atoms with Crippen LogP contribution in [0.4, 0.5) is 0 Å². The molecule has 0 amide bonds. The Labute approximate surface area is 133 Å². The highest BCUT2D eigenvalue weighted by atomic mass is 32.2. The lowest BCUT2D eigenvalue weighted by Gasteiger charge is -2.25. The lowest BCUT2D eigenvalue weighted by molar-refractivity contribution is 0.466. The van der Waals surface area contributed by atoms with Crippen LogP contribution < -0.4 is 5.32 Å². The third-order valence-corrected chi connectivity index (χ3v) is 5.67. The highest BCUT2D eigenvalue weighted by Crippen LogP contribution is 2.17. The molecule has 0 aliphatic carbocycles. The highest BCUT2D eigenvalue weighted by molar-refractivity contribution is 7.91. The molecule has 1 atom stereocenters. The summed E-state index contributed by atoms with van der Waals surface area (Å²) < 4.78 is 23.4. The molecule has 0 bridgehead atoms. The minimum atomic E-state index is -2.85. The Morgan fingerprint density at radius 2 is 2.05 bits per heavy atom. The molecule has 1 N–H and O–H groups in total. The van der Waals surface area contributed by atoms with Gasteiger partial charge in [-0.1, -0.05) is 30.3 Å². The maximum Gasteiger partial charge on any atom is 0.193 e. The lowest BCUT2D eigenvalue weighted by Crippen LogP contribution is -2.41. The van der Waals surface area contributed by atoms with Gasteiger partial charge < -0.3 is 10.2 Å². The number of rotatable bonds is 4. The number of hydrogen-bond acceptors (Lipinski definition) is 3. The third kappa shape index (κ3) is 5.33. The SMILES string of the molecule is CN(C)C(=NCc1ccccc1)NCC1CCCS(=O)(=O)C1. The molecule has 6 heteroatoms. The molecule has 1 aromatic carbocycles. The van der Waals surface area contributed by atoms with Crippen LogP contribution in [0.5, 0.6) is 0 Å². The number of nitrogens with zero attached hydrogens (tertiary/aromatic N) is 2.